The third-order valence-electron chi connectivity index (χ3n) is 14.8. The van der Waals surface area contributed by atoms with Crippen molar-refractivity contribution in [1.29, 1.82) is 0 Å². The number of carbonyl (C=O) groups excluding carboxylic acids is 4. The molecule has 6 fully saturated rings. The Kier molecular flexibility index (Phi) is 7.43. The summed E-state index contributed by atoms with van der Waals surface area (Å²) in [6.45, 7) is 13.5. The van der Waals surface area contributed by atoms with Crippen LogP contribution < -0.4 is 0 Å². The monoisotopic (exact) mass is 740 g/mol. The van der Waals surface area contributed by atoms with Gasteiger partial charge in [-0.1, -0.05) is 40.7 Å². The van der Waals surface area contributed by atoms with Gasteiger partial charge in [0.05, 0.1) is 19.6 Å². The number of ether oxygens (including phenoxy) is 7. The summed E-state index contributed by atoms with van der Waals surface area (Å²) in [5, 5.41) is 27.3. The summed E-state index contributed by atoms with van der Waals surface area (Å²) in [6.07, 6.45) is 1.11. The van der Waals surface area contributed by atoms with Crippen molar-refractivity contribution in [3.05, 3.63) is 47.5 Å². The van der Waals surface area contributed by atoms with Crippen LogP contribution in [0.3, 0.4) is 0 Å². The second kappa shape index (κ2) is 10.8. The number of furan rings is 1. The molecule has 3 aliphatic heterocycles. The molecular weight excluding hydrogens is 692 g/mol. The molecule has 0 radical (unpaired) electrons. The minimum Gasteiger partial charge on any atom is -0.472 e. The minimum atomic E-state index is -2.44. The van der Waals surface area contributed by atoms with Gasteiger partial charge >= 0.3 is 23.9 Å². The molecule has 14 heteroatoms. The number of esters is 4. The topological polar surface area (TPSA) is 186 Å². The number of rotatable bonds is 8. The standard InChI is InChI=1S/C39H48O14/c1-10-19(3)28(42)50-30-33(7)18-35(44)34(8,26(33)25(29(43)46-9)48-21(5)40)36-14-13-32(6)23(16-24(41)49-27(32)22-12-15-47-17-22)38(36)31(37(30,35)45)51-39(52-36,53-38)20(4)11-2/h10,12,15-17,20,25-27,30-31,44-45H,11,13-14,18H2,1-9H3/b19-10+/t20-,25-,26+,27+,30+,31-,32-,33-,34-,35-,36+,37+,38-,39+/m1/s1. The molecule has 1 aromatic heterocycles. The van der Waals surface area contributed by atoms with Crippen LogP contribution in [0.2, 0.25) is 0 Å². The largest absolute Gasteiger partial charge is 0.472 e. The lowest BCUT2D eigenvalue weighted by Crippen LogP contribution is -2.92. The summed E-state index contributed by atoms with van der Waals surface area (Å²) in [7, 11) is 1.16. The minimum absolute atomic E-state index is 0.155. The molecule has 0 amide bonds. The Morgan fingerprint density at radius 1 is 1.11 bits per heavy atom. The van der Waals surface area contributed by atoms with E-state index in [1.54, 1.807) is 39.8 Å². The van der Waals surface area contributed by atoms with Gasteiger partial charge in [0.25, 0.3) is 5.97 Å². The summed E-state index contributed by atoms with van der Waals surface area (Å²) >= 11 is 0. The SMILES string of the molecule is C/C=C(\C)C(=O)O[C@H]1[C@]2(C)C[C@]3(O)[C@@]1(O)[C@H]1O[C@@]4([C@H](C)CC)O[C@@]5(CC[C@]6(C)C(=CC(=O)O[C@H]6c6ccoc6)[C@@]15O4)[C@]3(C)[C@H]2[C@@H](OC(C)=O)C(=O)OC. The predicted octanol–water partition coefficient (Wildman–Crippen LogP) is 3.73. The quantitative estimate of drug-likeness (QED) is 0.223. The molecular formula is C39H48O14. The molecule has 2 saturated heterocycles. The Morgan fingerprint density at radius 2 is 1.83 bits per heavy atom. The molecule has 2 N–H and O–H groups in total. The number of hydrogen-bond acceptors (Lipinski definition) is 14. The second-order valence-corrected chi connectivity index (χ2v) is 16.9. The lowest BCUT2D eigenvalue weighted by atomic mass is 9.34. The highest BCUT2D eigenvalue weighted by Crippen LogP contribution is 2.88. The van der Waals surface area contributed by atoms with E-state index in [0.717, 1.165) is 14.0 Å². The first-order valence-electron chi connectivity index (χ1n) is 18.4. The number of fused-ring (bicyclic) bond motifs is 4. The van der Waals surface area contributed by atoms with E-state index < -0.39 is 105 Å². The molecule has 14 atom stereocenters. The zero-order valence-corrected chi connectivity index (χ0v) is 31.5. The van der Waals surface area contributed by atoms with Crippen LogP contribution in [0.4, 0.5) is 0 Å². The van der Waals surface area contributed by atoms with Crippen LogP contribution in [0.1, 0.15) is 92.7 Å². The molecule has 0 aromatic carbocycles. The predicted molar refractivity (Wildman–Crippen MR) is 179 cm³/mol. The number of aliphatic hydroxyl groups is 2. The third kappa shape index (κ3) is 3.73. The highest BCUT2D eigenvalue weighted by atomic mass is 17.0. The molecule has 4 heterocycles. The van der Waals surface area contributed by atoms with Gasteiger partial charge in [0, 0.05) is 52.2 Å². The lowest BCUT2D eigenvalue weighted by Gasteiger charge is -2.75. The maximum atomic E-state index is 13.9. The van der Waals surface area contributed by atoms with Gasteiger partial charge in [-0.15, -0.1) is 0 Å². The van der Waals surface area contributed by atoms with Crippen LogP contribution in [-0.2, 0) is 52.3 Å². The molecule has 8 rings (SSSR count). The molecule has 14 nitrogen and oxygen atoms in total. The van der Waals surface area contributed by atoms with Gasteiger partial charge in [-0.3, -0.25) is 4.79 Å². The summed E-state index contributed by atoms with van der Waals surface area (Å²) in [6, 6.07) is 1.71. The van der Waals surface area contributed by atoms with Gasteiger partial charge in [0.15, 0.2) is 11.2 Å². The molecule has 4 aliphatic carbocycles. The van der Waals surface area contributed by atoms with Crippen molar-refractivity contribution in [3.63, 3.8) is 0 Å². The Balaban J connectivity index is 1.47. The van der Waals surface area contributed by atoms with Crippen LogP contribution in [0.5, 0.6) is 0 Å². The molecule has 4 bridgehead atoms. The number of allylic oxidation sites excluding steroid dienone is 1. The first-order valence-corrected chi connectivity index (χ1v) is 18.4. The Labute approximate surface area is 307 Å². The fraction of sp³-hybridized carbons (Fsp3) is 0.692. The highest BCUT2D eigenvalue weighted by molar-refractivity contribution is 5.88. The van der Waals surface area contributed by atoms with Crippen LogP contribution in [-0.4, -0.2) is 87.9 Å². The second-order valence-electron chi connectivity index (χ2n) is 16.9. The van der Waals surface area contributed by atoms with Gasteiger partial charge in [0.1, 0.15) is 29.5 Å². The van der Waals surface area contributed by atoms with Crippen molar-refractivity contribution in [3.8, 4) is 0 Å². The van der Waals surface area contributed by atoms with E-state index in [4.69, 9.17) is 37.6 Å². The van der Waals surface area contributed by atoms with E-state index in [9.17, 15) is 29.4 Å². The molecule has 1 aromatic rings. The van der Waals surface area contributed by atoms with E-state index in [2.05, 4.69) is 0 Å². The summed E-state index contributed by atoms with van der Waals surface area (Å²) in [5.41, 5.74) is -11.1. The van der Waals surface area contributed by atoms with Gasteiger partial charge in [-0.25, -0.2) is 14.4 Å². The van der Waals surface area contributed by atoms with Crippen molar-refractivity contribution < 1.29 is 67.0 Å². The van der Waals surface area contributed by atoms with E-state index in [0.29, 0.717) is 24.0 Å². The molecule has 7 aliphatic rings. The van der Waals surface area contributed by atoms with Gasteiger partial charge in [-0.2, -0.15) is 0 Å². The highest BCUT2D eigenvalue weighted by Gasteiger charge is 3.03. The molecule has 0 unspecified atom stereocenters. The number of methoxy groups -OCH3 is 1. The normalized spacial score (nSPS) is 48.2. The van der Waals surface area contributed by atoms with Crippen molar-refractivity contribution in [2.45, 2.75) is 134 Å². The van der Waals surface area contributed by atoms with Crippen molar-refractivity contribution >= 4 is 23.9 Å². The number of hydrogen-bond donors (Lipinski definition) is 2. The fourth-order valence-electron chi connectivity index (χ4n) is 12.3. The third-order valence-corrected chi connectivity index (χ3v) is 14.8. The molecule has 288 valence electrons. The van der Waals surface area contributed by atoms with E-state index in [-0.39, 0.29) is 18.4 Å². The van der Waals surface area contributed by atoms with Crippen LogP contribution in [0.15, 0.2) is 46.3 Å². The van der Waals surface area contributed by atoms with Crippen molar-refractivity contribution in [1.82, 2.24) is 0 Å². The summed E-state index contributed by atoms with van der Waals surface area (Å²) < 4.78 is 50.3. The summed E-state index contributed by atoms with van der Waals surface area (Å²) in [5.74, 6) is -6.66. The maximum absolute atomic E-state index is 13.9. The molecule has 53 heavy (non-hydrogen) atoms. The smallest absolute Gasteiger partial charge is 0.347 e. The fourth-order valence-corrected chi connectivity index (χ4v) is 12.3. The average molecular weight is 741 g/mol. The zero-order chi connectivity index (χ0) is 38.5. The van der Waals surface area contributed by atoms with Gasteiger partial charge in [-0.05, 0) is 51.2 Å². The van der Waals surface area contributed by atoms with Gasteiger partial charge < -0.3 is 47.8 Å². The van der Waals surface area contributed by atoms with Crippen LogP contribution in [0.25, 0.3) is 0 Å². The Bertz CT molecular complexity index is 1870. The van der Waals surface area contributed by atoms with Crippen molar-refractivity contribution in [2.75, 3.05) is 7.11 Å². The maximum Gasteiger partial charge on any atom is 0.347 e. The first kappa shape index (κ1) is 36.4. The first-order chi connectivity index (χ1) is 24.8. The molecule has 1 spiro atoms. The molecule has 4 saturated carbocycles. The van der Waals surface area contributed by atoms with E-state index in [1.165, 1.54) is 18.6 Å². The zero-order valence-electron chi connectivity index (χ0n) is 31.5. The van der Waals surface area contributed by atoms with E-state index >= 15 is 0 Å². The lowest BCUT2D eigenvalue weighted by molar-refractivity contribution is -0.457. The Hall–Kier alpha value is -3.56. The summed E-state index contributed by atoms with van der Waals surface area (Å²) in [4.78, 5) is 54.3. The van der Waals surface area contributed by atoms with Gasteiger partial charge in [0.2, 0.25) is 6.10 Å². The number of carbonyl (C=O) groups is 4. The van der Waals surface area contributed by atoms with Crippen molar-refractivity contribution in [2.24, 2.45) is 28.1 Å². The average Bonchev–Trinajstić information content (AvgIpc) is 3.90. The number of cyclic esters (lactones) is 1. The van der Waals surface area contributed by atoms with Crippen LogP contribution in [0, 0.1) is 28.1 Å². The Morgan fingerprint density at radius 3 is 2.43 bits per heavy atom. The van der Waals surface area contributed by atoms with E-state index in [1.807, 2.05) is 20.8 Å². The van der Waals surface area contributed by atoms with Crippen LogP contribution >= 0.6 is 0 Å².